The van der Waals surface area contributed by atoms with E-state index in [9.17, 15) is 4.79 Å². The lowest BCUT2D eigenvalue weighted by molar-refractivity contribution is 0.0601. The number of nitrogen functional groups attached to an aromatic ring is 1. The molecular formula is C9H11ClN2O2. The van der Waals surface area contributed by atoms with E-state index in [2.05, 4.69) is 10.2 Å². The van der Waals surface area contributed by atoms with E-state index in [0.29, 0.717) is 17.1 Å². The number of hydrogen-bond donors (Lipinski definition) is 2. The Hall–Kier alpha value is -1.26. The molecule has 0 fully saturated rings. The molecule has 1 aromatic carbocycles. The van der Waals surface area contributed by atoms with Gasteiger partial charge in [-0.1, -0.05) is 6.07 Å². The molecule has 0 bridgehead atoms. The van der Waals surface area contributed by atoms with Crippen molar-refractivity contribution in [3.05, 3.63) is 29.3 Å². The molecule has 0 saturated carbocycles. The van der Waals surface area contributed by atoms with Gasteiger partial charge in [0.25, 0.3) is 0 Å². The number of benzene rings is 1. The third-order valence-electron chi connectivity index (χ3n) is 1.80. The van der Waals surface area contributed by atoms with Crippen LogP contribution in [0.25, 0.3) is 0 Å². The zero-order valence-electron chi connectivity index (χ0n) is 7.71. The van der Waals surface area contributed by atoms with Crippen LogP contribution in [0.1, 0.15) is 15.9 Å². The highest BCUT2D eigenvalue weighted by Gasteiger charge is 2.11. The summed E-state index contributed by atoms with van der Waals surface area (Å²) in [5.41, 5.74) is 4.16. The maximum Gasteiger partial charge on any atom is 0.340 e. The van der Waals surface area contributed by atoms with Crippen LogP contribution in [0.4, 0.5) is 5.69 Å². The van der Waals surface area contributed by atoms with Crippen LogP contribution in [-0.4, -0.2) is 13.1 Å². The van der Waals surface area contributed by atoms with Crippen LogP contribution in [0.2, 0.25) is 0 Å². The Labute approximate surface area is 87.0 Å². The van der Waals surface area contributed by atoms with Crippen LogP contribution in [-0.2, 0) is 10.6 Å². The summed E-state index contributed by atoms with van der Waals surface area (Å²) >= 11 is 5.64. The normalized spacial score (nSPS) is 9.64. The number of rotatable bonds is 3. The summed E-state index contributed by atoms with van der Waals surface area (Å²) in [4.78, 5) is 11.3. The number of anilines is 1. The highest BCUT2D eigenvalue weighted by molar-refractivity contribution is 6.17. The van der Waals surface area contributed by atoms with Gasteiger partial charge in [0.05, 0.1) is 18.4 Å². The summed E-state index contributed by atoms with van der Waals surface area (Å²) in [7, 11) is 1.32. The Balaban J connectivity index is 3.14. The fourth-order valence-corrected chi connectivity index (χ4v) is 1.25. The third-order valence-corrected chi connectivity index (χ3v) is 2.11. The van der Waals surface area contributed by atoms with Gasteiger partial charge >= 0.3 is 5.97 Å². The molecule has 3 N–H and O–H groups in total. The Kier molecular flexibility index (Phi) is 3.73. The SMILES string of the molecule is COC(=O)c1cc(CCl)ccc1NN. The summed E-state index contributed by atoms with van der Waals surface area (Å²) < 4.78 is 4.60. The number of halogens is 1. The van der Waals surface area contributed by atoms with Gasteiger partial charge in [-0.25, -0.2) is 4.79 Å². The number of nitrogens with two attached hydrogens (primary N) is 1. The summed E-state index contributed by atoms with van der Waals surface area (Å²) in [5.74, 6) is 5.15. The van der Waals surface area contributed by atoms with E-state index in [4.69, 9.17) is 17.4 Å². The summed E-state index contributed by atoms with van der Waals surface area (Å²) in [5, 5.41) is 0. The molecule has 0 saturated heterocycles. The minimum absolute atomic E-state index is 0.342. The van der Waals surface area contributed by atoms with Crippen molar-refractivity contribution in [2.24, 2.45) is 5.84 Å². The second-order valence-corrected chi connectivity index (χ2v) is 2.92. The molecule has 0 radical (unpaired) electrons. The largest absolute Gasteiger partial charge is 0.465 e. The Morgan fingerprint density at radius 1 is 1.64 bits per heavy atom. The number of carbonyl (C=O) groups excluding carboxylic acids is 1. The van der Waals surface area contributed by atoms with Gasteiger partial charge in [-0.05, 0) is 17.7 Å². The third kappa shape index (κ3) is 2.16. The molecule has 0 amide bonds. The van der Waals surface area contributed by atoms with Crippen LogP contribution in [0, 0.1) is 0 Å². The van der Waals surface area contributed by atoms with Gasteiger partial charge < -0.3 is 10.2 Å². The molecule has 76 valence electrons. The second kappa shape index (κ2) is 4.83. The van der Waals surface area contributed by atoms with Gasteiger partial charge in [0, 0.05) is 5.88 Å². The molecule has 1 aromatic rings. The topological polar surface area (TPSA) is 64.3 Å². The first-order valence-electron chi connectivity index (χ1n) is 3.96. The van der Waals surface area contributed by atoms with Gasteiger partial charge in [0.1, 0.15) is 0 Å². The molecule has 1 rings (SSSR count). The number of esters is 1. The number of hydrogen-bond acceptors (Lipinski definition) is 4. The predicted molar refractivity (Wildman–Crippen MR) is 55.1 cm³/mol. The van der Waals surface area contributed by atoms with Gasteiger partial charge in [0.2, 0.25) is 0 Å². The number of hydrazine groups is 1. The zero-order valence-corrected chi connectivity index (χ0v) is 8.47. The van der Waals surface area contributed by atoms with E-state index in [1.54, 1.807) is 18.2 Å². The van der Waals surface area contributed by atoms with Crippen molar-refractivity contribution in [2.75, 3.05) is 12.5 Å². The van der Waals surface area contributed by atoms with E-state index in [0.717, 1.165) is 5.56 Å². The number of nitrogens with one attached hydrogen (secondary N) is 1. The lowest BCUT2D eigenvalue weighted by Crippen LogP contribution is -2.13. The van der Waals surface area contributed by atoms with Crippen molar-refractivity contribution in [3.63, 3.8) is 0 Å². The standard InChI is InChI=1S/C9H11ClN2O2/c1-14-9(13)7-4-6(5-10)2-3-8(7)12-11/h2-4,12H,5,11H2,1H3. The zero-order chi connectivity index (χ0) is 10.6. The molecule has 0 spiro atoms. The van der Waals surface area contributed by atoms with Gasteiger partial charge in [0.15, 0.2) is 0 Å². The van der Waals surface area contributed by atoms with E-state index in [-0.39, 0.29) is 0 Å². The fourth-order valence-electron chi connectivity index (χ4n) is 1.08. The molecule has 0 atom stereocenters. The van der Waals surface area contributed by atoms with Gasteiger partial charge in [-0.2, -0.15) is 0 Å². The molecule has 5 heteroatoms. The van der Waals surface area contributed by atoms with E-state index in [1.807, 2.05) is 0 Å². The summed E-state index contributed by atoms with van der Waals surface area (Å²) in [6.07, 6.45) is 0. The molecule has 4 nitrogen and oxygen atoms in total. The average Bonchev–Trinajstić information content (AvgIpc) is 2.27. The van der Waals surface area contributed by atoms with Gasteiger partial charge in [-0.15, -0.1) is 11.6 Å². The molecule has 0 heterocycles. The molecule has 0 aromatic heterocycles. The number of carbonyl (C=O) groups is 1. The van der Waals surface area contributed by atoms with Crippen molar-refractivity contribution in [1.82, 2.24) is 0 Å². The van der Waals surface area contributed by atoms with Crippen LogP contribution >= 0.6 is 11.6 Å². The molecule has 0 aliphatic rings. The monoisotopic (exact) mass is 214 g/mol. The Bertz CT molecular complexity index is 342. The lowest BCUT2D eigenvalue weighted by atomic mass is 10.1. The van der Waals surface area contributed by atoms with Gasteiger partial charge in [-0.3, -0.25) is 5.84 Å². The molecule has 0 aliphatic carbocycles. The highest BCUT2D eigenvalue weighted by atomic mass is 35.5. The van der Waals surface area contributed by atoms with Crippen molar-refractivity contribution < 1.29 is 9.53 Å². The van der Waals surface area contributed by atoms with Crippen LogP contribution < -0.4 is 11.3 Å². The first-order valence-corrected chi connectivity index (χ1v) is 4.50. The molecule has 14 heavy (non-hydrogen) atoms. The molecule has 0 unspecified atom stereocenters. The lowest BCUT2D eigenvalue weighted by Gasteiger charge is -2.08. The van der Waals surface area contributed by atoms with Crippen molar-refractivity contribution in [1.29, 1.82) is 0 Å². The van der Waals surface area contributed by atoms with Crippen LogP contribution in [0.3, 0.4) is 0 Å². The van der Waals surface area contributed by atoms with Crippen molar-refractivity contribution in [3.8, 4) is 0 Å². The molecular weight excluding hydrogens is 204 g/mol. The predicted octanol–water partition coefficient (Wildman–Crippen LogP) is 1.50. The van der Waals surface area contributed by atoms with Crippen molar-refractivity contribution in [2.45, 2.75) is 5.88 Å². The van der Waals surface area contributed by atoms with E-state index in [1.165, 1.54) is 7.11 Å². The minimum Gasteiger partial charge on any atom is -0.465 e. The number of methoxy groups -OCH3 is 1. The molecule has 0 aliphatic heterocycles. The fraction of sp³-hybridized carbons (Fsp3) is 0.222. The average molecular weight is 215 g/mol. The minimum atomic E-state index is -0.440. The van der Waals surface area contributed by atoms with E-state index < -0.39 is 5.97 Å². The Morgan fingerprint density at radius 2 is 2.36 bits per heavy atom. The highest BCUT2D eigenvalue weighted by Crippen LogP contribution is 2.18. The number of alkyl halides is 1. The van der Waals surface area contributed by atoms with Crippen LogP contribution in [0.15, 0.2) is 18.2 Å². The maximum atomic E-state index is 11.3. The second-order valence-electron chi connectivity index (χ2n) is 2.65. The van der Waals surface area contributed by atoms with Crippen molar-refractivity contribution >= 4 is 23.3 Å². The summed E-state index contributed by atoms with van der Waals surface area (Å²) in [6.45, 7) is 0. The quantitative estimate of drug-likeness (QED) is 0.346. The smallest absolute Gasteiger partial charge is 0.340 e. The number of ether oxygens (including phenoxy) is 1. The maximum absolute atomic E-state index is 11.3. The first kappa shape index (κ1) is 10.8. The van der Waals surface area contributed by atoms with Crippen LogP contribution in [0.5, 0.6) is 0 Å². The first-order chi connectivity index (χ1) is 6.72. The van der Waals surface area contributed by atoms with E-state index >= 15 is 0 Å². The summed E-state index contributed by atoms with van der Waals surface area (Å²) in [6, 6.07) is 5.12. The Morgan fingerprint density at radius 3 is 2.86 bits per heavy atom.